The summed E-state index contributed by atoms with van der Waals surface area (Å²) < 4.78 is 0.617. The van der Waals surface area contributed by atoms with Gasteiger partial charge in [0.2, 0.25) is 0 Å². The van der Waals surface area contributed by atoms with Crippen LogP contribution in [-0.4, -0.2) is 29.0 Å². The van der Waals surface area contributed by atoms with Crippen molar-refractivity contribution in [2.75, 3.05) is 19.0 Å². The molecule has 0 saturated heterocycles. The van der Waals surface area contributed by atoms with E-state index < -0.39 is 0 Å². The summed E-state index contributed by atoms with van der Waals surface area (Å²) in [5.74, 6) is 1.69. The predicted octanol–water partition coefficient (Wildman–Crippen LogP) is 2.06. The zero-order chi connectivity index (χ0) is 11.0. The minimum atomic E-state index is 0.617. The fourth-order valence-corrected chi connectivity index (χ4v) is 1.71. The molecular weight excluding hydrogens is 208 g/mol. The van der Waals surface area contributed by atoms with Crippen LogP contribution in [-0.2, 0) is 0 Å². The van der Waals surface area contributed by atoms with Gasteiger partial charge in [-0.1, -0.05) is 12.2 Å². The van der Waals surface area contributed by atoms with Gasteiger partial charge in [0.05, 0.1) is 11.7 Å². The minimum Gasteiger partial charge on any atom is -0.363 e. The number of pyridine rings is 1. The van der Waals surface area contributed by atoms with Gasteiger partial charge in [-0.2, -0.15) is 0 Å². The maximum absolute atomic E-state index is 5.21. The van der Waals surface area contributed by atoms with Crippen molar-refractivity contribution in [3.63, 3.8) is 0 Å². The Morgan fingerprint density at radius 2 is 2.13 bits per heavy atom. The van der Waals surface area contributed by atoms with Gasteiger partial charge in [-0.05, 0) is 13.0 Å². The average molecular weight is 220 g/mol. The molecule has 4 nitrogen and oxygen atoms in total. The molecule has 15 heavy (non-hydrogen) atoms. The van der Waals surface area contributed by atoms with E-state index >= 15 is 0 Å². The highest BCUT2D eigenvalue weighted by atomic mass is 32.1. The van der Waals surface area contributed by atoms with E-state index in [4.69, 9.17) is 12.2 Å². The maximum Gasteiger partial charge on any atom is 0.137 e. The van der Waals surface area contributed by atoms with E-state index in [1.54, 1.807) is 6.20 Å². The molecule has 0 bridgehead atoms. The van der Waals surface area contributed by atoms with Gasteiger partial charge in [-0.3, -0.25) is 0 Å². The monoisotopic (exact) mass is 220 g/mol. The number of nitrogens with zero attached hydrogens (tertiary/aromatic N) is 3. The zero-order valence-corrected chi connectivity index (χ0v) is 9.72. The first-order valence-corrected chi connectivity index (χ1v) is 5.03. The molecule has 0 aromatic carbocycles. The van der Waals surface area contributed by atoms with Crippen LogP contribution in [0.2, 0.25) is 0 Å². The van der Waals surface area contributed by atoms with Crippen LogP contribution in [0.5, 0.6) is 0 Å². The average Bonchev–Trinajstić information content (AvgIpc) is 2.16. The third kappa shape index (κ3) is 1.83. The fraction of sp³-hybridized carbons (Fsp3) is 0.300. The smallest absolute Gasteiger partial charge is 0.137 e. The number of hydrogen-bond acceptors (Lipinski definition) is 4. The summed E-state index contributed by atoms with van der Waals surface area (Å²) in [6.45, 7) is 1.88. The Morgan fingerprint density at radius 1 is 1.40 bits per heavy atom. The predicted molar refractivity (Wildman–Crippen MR) is 63.8 cm³/mol. The minimum absolute atomic E-state index is 0.617. The van der Waals surface area contributed by atoms with E-state index in [0.717, 1.165) is 22.5 Å². The van der Waals surface area contributed by atoms with Crippen molar-refractivity contribution in [1.82, 2.24) is 15.0 Å². The second-order valence-electron chi connectivity index (χ2n) is 3.61. The molecule has 0 unspecified atom stereocenters. The number of nitrogens with one attached hydrogen (secondary N) is 1. The van der Waals surface area contributed by atoms with Crippen molar-refractivity contribution < 1.29 is 0 Å². The first-order chi connectivity index (χ1) is 7.08. The van der Waals surface area contributed by atoms with Crippen LogP contribution < -0.4 is 4.90 Å². The van der Waals surface area contributed by atoms with Gasteiger partial charge in [-0.15, -0.1) is 0 Å². The quantitative estimate of drug-likeness (QED) is 0.747. The molecule has 0 radical (unpaired) electrons. The molecule has 0 fully saturated rings. The lowest BCUT2D eigenvalue weighted by molar-refractivity contribution is 1.05. The Morgan fingerprint density at radius 3 is 2.80 bits per heavy atom. The molecule has 0 aliphatic heterocycles. The summed E-state index contributed by atoms with van der Waals surface area (Å²) in [5.41, 5.74) is 0.929. The van der Waals surface area contributed by atoms with Gasteiger partial charge in [0.1, 0.15) is 16.3 Å². The molecule has 0 saturated carbocycles. The summed E-state index contributed by atoms with van der Waals surface area (Å²) in [6.07, 6.45) is 1.79. The summed E-state index contributed by atoms with van der Waals surface area (Å²) >= 11 is 5.21. The van der Waals surface area contributed by atoms with Gasteiger partial charge in [0.15, 0.2) is 0 Å². The Labute approximate surface area is 93.0 Å². The zero-order valence-electron chi connectivity index (χ0n) is 8.90. The van der Waals surface area contributed by atoms with E-state index in [2.05, 4.69) is 15.0 Å². The first-order valence-electron chi connectivity index (χ1n) is 4.62. The molecule has 5 heteroatoms. The largest absolute Gasteiger partial charge is 0.363 e. The molecule has 0 spiro atoms. The summed E-state index contributed by atoms with van der Waals surface area (Å²) in [5, 5.41) is 0.939. The van der Waals surface area contributed by atoms with E-state index in [1.165, 1.54) is 0 Å². The molecule has 1 N–H and O–H groups in total. The number of H-pyrrole nitrogens is 1. The van der Waals surface area contributed by atoms with Gasteiger partial charge in [0, 0.05) is 19.5 Å². The summed E-state index contributed by atoms with van der Waals surface area (Å²) in [4.78, 5) is 13.6. The maximum atomic E-state index is 5.21. The Balaban J connectivity index is 2.77. The van der Waals surface area contributed by atoms with Crippen molar-refractivity contribution in [2.24, 2.45) is 0 Å². The molecule has 0 aliphatic rings. The number of fused-ring (bicyclic) bond motifs is 1. The lowest BCUT2D eigenvalue weighted by atomic mass is 10.3. The third-order valence-electron chi connectivity index (χ3n) is 2.16. The molecule has 2 heterocycles. The number of aryl methyl sites for hydroxylation is 1. The fourth-order valence-electron chi connectivity index (χ4n) is 1.40. The van der Waals surface area contributed by atoms with Gasteiger partial charge >= 0.3 is 0 Å². The van der Waals surface area contributed by atoms with Crippen LogP contribution in [0.1, 0.15) is 5.82 Å². The van der Waals surface area contributed by atoms with Gasteiger partial charge < -0.3 is 9.88 Å². The number of hydrogen-bond donors (Lipinski definition) is 1. The molecule has 0 atom stereocenters. The number of anilines is 1. The van der Waals surface area contributed by atoms with E-state index in [9.17, 15) is 0 Å². The Bertz CT molecular complexity index is 559. The lowest BCUT2D eigenvalue weighted by Crippen LogP contribution is -2.10. The standard InChI is InChI=1S/C10H12N4S/c1-6-12-8-5-11-9(14(2)3)4-7(8)10(15)13-6/h4-5H,1-3H3,(H,12,13,15). The second-order valence-corrected chi connectivity index (χ2v) is 4.00. The van der Waals surface area contributed by atoms with Crippen molar-refractivity contribution >= 4 is 28.9 Å². The van der Waals surface area contributed by atoms with Gasteiger partial charge in [0.25, 0.3) is 0 Å². The van der Waals surface area contributed by atoms with E-state index in [0.29, 0.717) is 4.64 Å². The topological polar surface area (TPSA) is 44.8 Å². The summed E-state index contributed by atoms with van der Waals surface area (Å²) in [6, 6.07) is 1.95. The molecule has 2 aromatic rings. The van der Waals surface area contributed by atoms with E-state index in [1.807, 2.05) is 32.0 Å². The highest BCUT2D eigenvalue weighted by Crippen LogP contribution is 2.16. The SMILES string of the molecule is Cc1nc(=S)c2cc(N(C)C)ncc2[nH]1. The molecular formula is C10H12N4S. The van der Waals surface area contributed by atoms with Crippen LogP contribution >= 0.6 is 12.2 Å². The number of aromatic nitrogens is 3. The Kier molecular flexibility index (Phi) is 2.40. The van der Waals surface area contributed by atoms with Crippen molar-refractivity contribution in [1.29, 1.82) is 0 Å². The number of aromatic amines is 1. The van der Waals surface area contributed by atoms with E-state index in [-0.39, 0.29) is 0 Å². The van der Waals surface area contributed by atoms with Gasteiger partial charge in [-0.25, -0.2) is 9.97 Å². The molecule has 0 amide bonds. The normalized spacial score (nSPS) is 10.6. The second kappa shape index (κ2) is 3.58. The number of rotatable bonds is 1. The van der Waals surface area contributed by atoms with Crippen LogP contribution in [0, 0.1) is 11.6 Å². The summed E-state index contributed by atoms with van der Waals surface area (Å²) in [7, 11) is 3.89. The van der Waals surface area contributed by atoms with Crippen LogP contribution in [0.25, 0.3) is 10.9 Å². The first kappa shape index (κ1) is 10.0. The third-order valence-corrected chi connectivity index (χ3v) is 2.47. The molecule has 78 valence electrons. The van der Waals surface area contributed by atoms with Crippen molar-refractivity contribution in [3.05, 3.63) is 22.7 Å². The van der Waals surface area contributed by atoms with Crippen LogP contribution in [0.15, 0.2) is 12.3 Å². The highest BCUT2D eigenvalue weighted by molar-refractivity contribution is 7.71. The van der Waals surface area contributed by atoms with Crippen molar-refractivity contribution in [3.8, 4) is 0 Å². The lowest BCUT2D eigenvalue weighted by Gasteiger charge is -2.11. The molecule has 2 rings (SSSR count). The highest BCUT2D eigenvalue weighted by Gasteiger charge is 2.02. The molecule has 2 aromatic heterocycles. The van der Waals surface area contributed by atoms with Crippen LogP contribution in [0.4, 0.5) is 5.82 Å². The molecule has 0 aliphatic carbocycles. The Hall–Kier alpha value is -1.49. The van der Waals surface area contributed by atoms with Crippen molar-refractivity contribution in [2.45, 2.75) is 6.92 Å². The van der Waals surface area contributed by atoms with Crippen LogP contribution in [0.3, 0.4) is 0 Å².